The van der Waals surface area contributed by atoms with Gasteiger partial charge in [-0.05, 0) is 26.0 Å². The van der Waals surface area contributed by atoms with E-state index >= 15 is 0 Å². The highest BCUT2D eigenvalue weighted by Crippen LogP contribution is 2.36. The summed E-state index contributed by atoms with van der Waals surface area (Å²) in [6.07, 6.45) is -2.11. The van der Waals surface area contributed by atoms with Crippen LogP contribution in [0.3, 0.4) is 0 Å². The van der Waals surface area contributed by atoms with E-state index in [9.17, 15) is 15.0 Å². The molecule has 3 rings (SSSR count). The highest BCUT2D eigenvalue weighted by atomic mass is 32.1. The van der Waals surface area contributed by atoms with Crippen LogP contribution in [-0.2, 0) is 4.74 Å². The van der Waals surface area contributed by atoms with Crippen LogP contribution in [0.5, 0.6) is 0 Å². The molecule has 6 nitrogen and oxygen atoms in total. The fourth-order valence-electron chi connectivity index (χ4n) is 2.62. The number of aliphatic hydroxyl groups is 1. The number of rotatable bonds is 2. The fraction of sp³-hybridized carbons (Fsp3) is 0.429. The number of hydrogen-bond donors (Lipinski definition) is 2. The van der Waals surface area contributed by atoms with Crippen molar-refractivity contribution in [1.29, 1.82) is 0 Å². The van der Waals surface area contributed by atoms with Crippen molar-refractivity contribution in [1.82, 2.24) is 9.88 Å². The van der Waals surface area contributed by atoms with Gasteiger partial charge in [0.15, 0.2) is 0 Å². The van der Waals surface area contributed by atoms with Crippen molar-refractivity contribution in [3.63, 3.8) is 0 Å². The van der Waals surface area contributed by atoms with Gasteiger partial charge < -0.3 is 14.9 Å². The van der Waals surface area contributed by atoms with Gasteiger partial charge in [0.05, 0.1) is 22.9 Å². The number of ether oxygens (including phenoxy) is 1. The summed E-state index contributed by atoms with van der Waals surface area (Å²) in [5.74, 6) is 0. The first-order chi connectivity index (χ1) is 9.90. The number of benzene rings is 1. The SMILES string of the molecule is CC1(C)OC[C@@H]([C@H](O)c2nc3ccccc3s2)N1C(=O)O. The lowest BCUT2D eigenvalue weighted by Crippen LogP contribution is -2.49. The zero-order chi connectivity index (χ0) is 15.2. The third-order valence-corrected chi connectivity index (χ3v) is 4.76. The molecule has 0 spiro atoms. The summed E-state index contributed by atoms with van der Waals surface area (Å²) < 4.78 is 6.47. The van der Waals surface area contributed by atoms with Crippen LogP contribution in [0.15, 0.2) is 24.3 Å². The average molecular weight is 308 g/mol. The summed E-state index contributed by atoms with van der Waals surface area (Å²) in [5.41, 5.74) is -0.148. The van der Waals surface area contributed by atoms with Crippen LogP contribution in [0.4, 0.5) is 4.79 Å². The van der Waals surface area contributed by atoms with Crippen molar-refractivity contribution in [2.75, 3.05) is 6.61 Å². The van der Waals surface area contributed by atoms with Gasteiger partial charge in [-0.3, -0.25) is 4.90 Å². The molecule has 1 fully saturated rings. The molecule has 1 aromatic heterocycles. The van der Waals surface area contributed by atoms with Gasteiger partial charge in [0, 0.05) is 0 Å². The van der Waals surface area contributed by atoms with E-state index < -0.39 is 24.0 Å². The molecule has 1 aliphatic heterocycles. The predicted octanol–water partition coefficient (Wildman–Crippen LogP) is 2.44. The van der Waals surface area contributed by atoms with Crippen LogP contribution >= 0.6 is 11.3 Å². The summed E-state index contributed by atoms with van der Waals surface area (Å²) in [4.78, 5) is 17.0. The number of carbonyl (C=O) groups is 1. The summed E-state index contributed by atoms with van der Waals surface area (Å²) in [6, 6.07) is 6.92. The fourth-order valence-corrected chi connectivity index (χ4v) is 3.63. The van der Waals surface area contributed by atoms with E-state index in [2.05, 4.69) is 4.98 Å². The number of fused-ring (bicyclic) bond motifs is 1. The minimum Gasteiger partial charge on any atom is -0.465 e. The van der Waals surface area contributed by atoms with Crippen molar-refractivity contribution < 1.29 is 19.7 Å². The van der Waals surface area contributed by atoms with E-state index in [-0.39, 0.29) is 6.61 Å². The Morgan fingerprint density at radius 3 is 2.90 bits per heavy atom. The molecule has 0 bridgehead atoms. The van der Waals surface area contributed by atoms with Gasteiger partial charge in [-0.15, -0.1) is 11.3 Å². The minimum atomic E-state index is -1.11. The Morgan fingerprint density at radius 1 is 1.52 bits per heavy atom. The van der Waals surface area contributed by atoms with Gasteiger partial charge in [0.25, 0.3) is 0 Å². The Morgan fingerprint density at radius 2 is 2.24 bits per heavy atom. The molecule has 2 heterocycles. The Labute approximate surface area is 125 Å². The Kier molecular flexibility index (Phi) is 3.35. The molecular formula is C14H16N2O4S. The first kappa shape index (κ1) is 14.2. The second-order valence-corrected chi connectivity index (χ2v) is 6.50. The molecule has 0 unspecified atom stereocenters. The molecule has 7 heteroatoms. The maximum absolute atomic E-state index is 11.5. The smallest absolute Gasteiger partial charge is 0.410 e. The zero-order valence-electron chi connectivity index (χ0n) is 11.7. The third-order valence-electron chi connectivity index (χ3n) is 3.65. The lowest BCUT2D eigenvalue weighted by molar-refractivity contribution is -0.0466. The van der Waals surface area contributed by atoms with Crippen molar-refractivity contribution in [3.8, 4) is 0 Å². The van der Waals surface area contributed by atoms with Crippen LogP contribution in [0.25, 0.3) is 10.2 Å². The van der Waals surface area contributed by atoms with Crippen molar-refractivity contribution >= 4 is 27.6 Å². The molecule has 1 aliphatic rings. The monoisotopic (exact) mass is 308 g/mol. The predicted molar refractivity (Wildman–Crippen MR) is 78.3 cm³/mol. The van der Waals surface area contributed by atoms with E-state index in [1.807, 2.05) is 24.3 Å². The van der Waals surface area contributed by atoms with E-state index in [0.717, 1.165) is 15.1 Å². The maximum Gasteiger partial charge on any atom is 0.410 e. The Hall–Kier alpha value is -1.70. The number of aromatic nitrogens is 1. The Bertz CT molecular complexity index is 651. The molecule has 0 saturated carbocycles. The van der Waals surface area contributed by atoms with Crippen molar-refractivity contribution in [2.45, 2.75) is 31.7 Å². The molecule has 0 aliphatic carbocycles. The molecule has 2 aromatic rings. The van der Waals surface area contributed by atoms with Crippen LogP contribution in [0.1, 0.15) is 25.0 Å². The maximum atomic E-state index is 11.5. The van der Waals surface area contributed by atoms with Gasteiger partial charge in [-0.25, -0.2) is 9.78 Å². The zero-order valence-corrected chi connectivity index (χ0v) is 12.5. The number of aliphatic hydroxyl groups excluding tert-OH is 1. The van der Waals surface area contributed by atoms with Gasteiger partial charge >= 0.3 is 6.09 Å². The van der Waals surface area contributed by atoms with Gasteiger partial charge in [-0.2, -0.15) is 0 Å². The number of hydrogen-bond acceptors (Lipinski definition) is 5. The van der Waals surface area contributed by atoms with E-state index in [1.54, 1.807) is 13.8 Å². The first-order valence-corrected chi connectivity index (χ1v) is 7.41. The van der Waals surface area contributed by atoms with Gasteiger partial charge in [-0.1, -0.05) is 12.1 Å². The molecule has 1 aromatic carbocycles. The number of thiazole rings is 1. The standard InChI is InChI=1S/C14H16N2O4S/c1-14(2)16(13(18)19)9(7-20-14)11(17)12-15-8-5-3-4-6-10(8)21-12/h3-6,9,11,17H,7H2,1-2H3,(H,18,19)/t9-,11-/m0/s1. The molecule has 0 radical (unpaired) electrons. The van der Waals surface area contributed by atoms with E-state index in [0.29, 0.717) is 5.01 Å². The molecule has 21 heavy (non-hydrogen) atoms. The van der Waals surface area contributed by atoms with Crippen LogP contribution in [-0.4, -0.2) is 44.6 Å². The number of carboxylic acid groups (broad SMARTS) is 1. The molecular weight excluding hydrogens is 292 g/mol. The summed E-state index contributed by atoms with van der Waals surface area (Å²) in [6.45, 7) is 3.49. The molecule has 2 N–H and O–H groups in total. The highest BCUT2D eigenvalue weighted by Gasteiger charge is 2.47. The molecule has 1 saturated heterocycles. The second-order valence-electron chi connectivity index (χ2n) is 5.44. The second kappa shape index (κ2) is 4.94. The minimum absolute atomic E-state index is 0.149. The number of nitrogens with zero attached hydrogens (tertiary/aromatic N) is 2. The topological polar surface area (TPSA) is 82.9 Å². The van der Waals surface area contributed by atoms with Crippen molar-refractivity contribution in [3.05, 3.63) is 29.3 Å². The lowest BCUT2D eigenvalue weighted by Gasteiger charge is -2.32. The summed E-state index contributed by atoms with van der Waals surface area (Å²) >= 11 is 1.37. The summed E-state index contributed by atoms with van der Waals surface area (Å²) in [7, 11) is 0. The number of amides is 1. The van der Waals surface area contributed by atoms with Crippen LogP contribution in [0.2, 0.25) is 0 Å². The van der Waals surface area contributed by atoms with Gasteiger partial charge in [0.1, 0.15) is 16.8 Å². The quantitative estimate of drug-likeness (QED) is 0.890. The normalized spacial score (nSPS) is 22.6. The lowest BCUT2D eigenvalue weighted by atomic mass is 10.1. The summed E-state index contributed by atoms with van der Waals surface area (Å²) in [5, 5.41) is 20.4. The van der Waals surface area contributed by atoms with Gasteiger partial charge in [0.2, 0.25) is 0 Å². The Balaban J connectivity index is 1.94. The van der Waals surface area contributed by atoms with E-state index in [4.69, 9.17) is 4.74 Å². The largest absolute Gasteiger partial charge is 0.465 e. The highest BCUT2D eigenvalue weighted by molar-refractivity contribution is 7.18. The first-order valence-electron chi connectivity index (χ1n) is 6.60. The molecule has 112 valence electrons. The average Bonchev–Trinajstić information content (AvgIpc) is 2.98. The van der Waals surface area contributed by atoms with Crippen LogP contribution in [0, 0.1) is 0 Å². The molecule has 1 amide bonds. The number of para-hydroxylation sites is 1. The third kappa shape index (κ3) is 2.37. The molecule has 2 atom stereocenters. The van der Waals surface area contributed by atoms with Crippen LogP contribution < -0.4 is 0 Å². The van der Waals surface area contributed by atoms with E-state index in [1.165, 1.54) is 11.3 Å². The van der Waals surface area contributed by atoms with Crippen molar-refractivity contribution in [2.24, 2.45) is 0 Å².